The third kappa shape index (κ3) is 31.6. The highest BCUT2D eigenvalue weighted by atomic mass is 16.6. The molecule has 0 heterocycles. The lowest BCUT2D eigenvalue weighted by Crippen LogP contribution is -2.37. The molecule has 3 N–H and O–H groups in total. The molecule has 0 rings (SSSR count). The molecule has 0 fully saturated rings. The number of nitrogens with one attached hydrogen (secondary N) is 1. The minimum atomic E-state index is -0.387. The molecular weight excluding hydrogens is 244 g/mol. The summed E-state index contributed by atoms with van der Waals surface area (Å²) in [7, 11) is 1.73. The van der Waals surface area contributed by atoms with Gasteiger partial charge in [-0.25, -0.2) is 0 Å². The molecule has 5 nitrogen and oxygen atoms in total. The van der Waals surface area contributed by atoms with Crippen molar-refractivity contribution in [1.82, 2.24) is 5.32 Å². The van der Waals surface area contributed by atoms with Gasteiger partial charge in [-0.1, -0.05) is 27.7 Å². The zero-order chi connectivity index (χ0) is 16.5. The highest BCUT2D eigenvalue weighted by molar-refractivity contribution is 5.75. The minimum Gasteiger partial charge on any atom is -0.459 e. The number of rotatable bonds is 3. The van der Waals surface area contributed by atoms with E-state index in [4.69, 9.17) is 9.53 Å². The summed E-state index contributed by atoms with van der Waals surface area (Å²) in [5.74, 6) is -0.208. The summed E-state index contributed by atoms with van der Waals surface area (Å²) >= 11 is 0. The van der Waals surface area contributed by atoms with Gasteiger partial charge in [-0.2, -0.15) is 0 Å². The molecule has 118 valence electrons. The predicted octanol–water partition coefficient (Wildman–Crippen LogP) is 2.13. The van der Waals surface area contributed by atoms with Crippen molar-refractivity contribution >= 4 is 12.3 Å². The number of hydrogen-bond acceptors (Lipinski definition) is 5. The Balaban J connectivity index is -0.000000118. The molecule has 1 atom stereocenters. The molecule has 0 spiro atoms. The monoisotopic (exact) mass is 278 g/mol. The molecule has 0 aromatic rings. The number of aldehydes is 1. The quantitative estimate of drug-likeness (QED) is 0.610. The van der Waals surface area contributed by atoms with E-state index in [2.05, 4.69) is 11.1 Å². The fourth-order valence-electron chi connectivity index (χ4n) is 0.508. The van der Waals surface area contributed by atoms with Crippen LogP contribution in [0.1, 0.15) is 55.4 Å². The van der Waals surface area contributed by atoms with Crippen LogP contribution in [0, 0.1) is 0 Å². The van der Waals surface area contributed by atoms with Crippen molar-refractivity contribution < 1.29 is 14.3 Å². The van der Waals surface area contributed by atoms with Gasteiger partial charge in [-0.05, 0) is 34.7 Å². The Hall–Kier alpha value is -0.940. The molecule has 5 heteroatoms. The molecule has 0 aliphatic rings. The summed E-state index contributed by atoms with van der Waals surface area (Å²) in [6.07, 6.45) is 0.653. The first kappa shape index (κ1) is 26.6. The Morgan fingerprint density at radius 3 is 1.74 bits per heavy atom. The number of carbonyl (C=O) groups excluding carboxylic acids is 2. The number of esters is 1. The average molecular weight is 278 g/mol. The van der Waals surface area contributed by atoms with Crippen molar-refractivity contribution in [3.63, 3.8) is 0 Å². The molecule has 19 heavy (non-hydrogen) atoms. The Bertz CT molecular complexity index is 190. The standard InChI is InChI=1S/C8H17NO2.C2H5NO.2C2H6/c1-6(9-5)7(10)11-8(2,3)4;3-1-2-4;2*1-2/h6,9H,1-5H3;2H,1,3H2;2*1-2H3. The second kappa shape index (κ2) is 19.4. The molecule has 0 amide bonds. The van der Waals surface area contributed by atoms with Gasteiger partial charge in [-0.15, -0.1) is 0 Å². The Morgan fingerprint density at radius 2 is 1.58 bits per heavy atom. The molecule has 0 aromatic heterocycles. The van der Waals surface area contributed by atoms with Gasteiger partial charge in [0.05, 0.1) is 0 Å². The fraction of sp³-hybridized carbons (Fsp3) is 0.857. The SMILES string of the molecule is CC.CC.CNC(C)C(=O)OC(C)(C)C.NCC=O. The van der Waals surface area contributed by atoms with Crippen LogP contribution in [0.2, 0.25) is 0 Å². The molecule has 0 aliphatic heterocycles. The van der Waals surface area contributed by atoms with E-state index < -0.39 is 0 Å². The van der Waals surface area contributed by atoms with Gasteiger partial charge >= 0.3 is 5.97 Å². The third-order valence-electron chi connectivity index (χ3n) is 1.29. The van der Waals surface area contributed by atoms with Crippen LogP contribution < -0.4 is 11.1 Å². The smallest absolute Gasteiger partial charge is 0.323 e. The van der Waals surface area contributed by atoms with Gasteiger partial charge in [0, 0.05) is 6.54 Å². The van der Waals surface area contributed by atoms with Gasteiger partial charge in [0.25, 0.3) is 0 Å². The molecule has 0 bridgehead atoms. The molecular formula is C14H34N2O3. The van der Waals surface area contributed by atoms with Crippen LogP contribution >= 0.6 is 0 Å². The van der Waals surface area contributed by atoms with Crippen LogP contribution in [-0.2, 0) is 14.3 Å². The lowest BCUT2D eigenvalue weighted by molar-refractivity contribution is -0.156. The van der Waals surface area contributed by atoms with E-state index in [9.17, 15) is 4.79 Å². The summed E-state index contributed by atoms with van der Waals surface area (Å²) in [6.45, 7) is 15.5. The number of nitrogens with two attached hydrogens (primary N) is 1. The number of hydrogen-bond donors (Lipinski definition) is 2. The van der Waals surface area contributed by atoms with Crippen molar-refractivity contribution in [2.45, 2.75) is 67.0 Å². The van der Waals surface area contributed by atoms with E-state index in [1.54, 1.807) is 14.0 Å². The first-order chi connectivity index (χ1) is 8.78. The lowest BCUT2D eigenvalue weighted by Gasteiger charge is -2.21. The first-order valence-electron chi connectivity index (χ1n) is 6.82. The van der Waals surface area contributed by atoms with Crippen LogP contribution in [0.5, 0.6) is 0 Å². The third-order valence-corrected chi connectivity index (χ3v) is 1.29. The van der Waals surface area contributed by atoms with E-state index in [0.717, 1.165) is 0 Å². The van der Waals surface area contributed by atoms with Crippen molar-refractivity contribution in [1.29, 1.82) is 0 Å². The van der Waals surface area contributed by atoms with Crippen LogP contribution in [0.4, 0.5) is 0 Å². The Labute approximate surface area is 119 Å². The van der Waals surface area contributed by atoms with E-state index in [0.29, 0.717) is 6.29 Å². The summed E-state index contributed by atoms with van der Waals surface area (Å²) in [5.41, 5.74) is 4.27. The Kier molecular flexibility index (Phi) is 27.2. The van der Waals surface area contributed by atoms with Gasteiger partial charge in [-0.3, -0.25) is 4.79 Å². The predicted molar refractivity (Wildman–Crippen MR) is 82.2 cm³/mol. The van der Waals surface area contributed by atoms with Crippen LogP contribution in [-0.4, -0.2) is 37.5 Å². The molecule has 0 radical (unpaired) electrons. The molecule has 0 saturated carbocycles. The van der Waals surface area contributed by atoms with E-state index in [1.807, 2.05) is 48.5 Å². The van der Waals surface area contributed by atoms with Crippen LogP contribution in [0.15, 0.2) is 0 Å². The van der Waals surface area contributed by atoms with E-state index in [1.165, 1.54) is 0 Å². The summed E-state index contributed by atoms with van der Waals surface area (Å²) in [5, 5.41) is 2.81. The van der Waals surface area contributed by atoms with Crippen molar-refractivity contribution in [3.05, 3.63) is 0 Å². The number of carbonyl (C=O) groups is 2. The summed E-state index contributed by atoms with van der Waals surface area (Å²) in [4.78, 5) is 20.2. The number of likely N-dealkylation sites (N-methyl/N-ethyl adjacent to an activating group) is 1. The van der Waals surface area contributed by atoms with Gasteiger partial charge < -0.3 is 20.6 Å². The maximum Gasteiger partial charge on any atom is 0.323 e. The highest BCUT2D eigenvalue weighted by Gasteiger charge is 2.19. The maximum atomic E-state index is 11.1. The normalized spacial score (nSPS) is 10.2. The van der Waals surface area contributed by atoms with E-state index >= 15 is 0 Å². The zero-order valence-electron chi connectivity index (χ0n) is 14.2. The van der Waals surface area contributed by atoms with Gasteiger partial charge in [0.1, 0.15) is 17.9 Å². The van der Waals surface area contributed by atoms with Crippen LogP contribution in [0.25, 0.3) is 0 Å². The van der Waals surface area contributed by atoms with E-state index in [-0.39, 0.29) is 24.2 Å². The van der Waals surface area contributed by atoms with Gasteiger partial charge in [0.15, 0.2) is 0 Å². The largest absolute Gasteiger partial charge is 0.459 e. The van der Waals surface area contributed by atoms with Crippen LogP contribution in [0.3, 0.4) is 0 Å². The van der Waals surface area contributed by atoms with Crippen molar-refractivity contribution in [2.24, 2.45) is 5.73 Å². The summed E-state index contributed by atoms with van der Waals surface area (Å²) in [6, 6.07) is -0.228. The Morgan fingerprint density at radius 1 is 1.26 bits per heavy atom. The molecule has 0 aromatic carbocycles. The summed E-state index contributed by atoms with van der Waals surface area (Å²) < 4.78 is 5.09. The minimum absolute atomic E-state index is 0.139. The lowest BCUT2D eigenvalue weighted by atomic mass is 10.2. The topological polar surface area (TPSA) is 81.4 Å². The first-order valence-corrected chi connectivity index (χ1v) is 6.82. The second-order valence-electron chi connectivity index (χ2n) is 3.95. The fourth-order valence-corrected chi connectivity index (χ4v) is 0.508. The molecule has 0 aliphatic carbocycles. The second-order valence-corrected chi connectivity index (χ2v) is 3.95. The van der Waals surface area contributed by atoms with Gasteiger partial charge in [0.2, 0.25) is 0 Å². The van der Waals surface area contributed by atoms with Crippen molar-refractivity contribution in [3.8, 4) is 0 Å². The molecule has 1 unspecified atom stereocenters. The van der Waals surface area contributed by atoms with Crippen molar-refractivity contribution in [2.75, 3.05) is 13.6 Å². The zero-order valence-corrected chi connectivity index (χ0v) is 14.2. The highest BCUT2D eigenvalue weighted by Crippen LogP contribution is 2.07. The average Bonchev–Trinajstić information content (AvgIpc) is 2.40. The maximum absolute atomic E-state index is 11.1. The number of ether oxygens (including phenoxy) is 1. The molecule has 0 saturated heterocycles.